The maximum absolute atomic E-state index is 5.52. The number of piperazine rings is 1. The Hall–Kier alpha value is -1.26. The van der Waals surface area contributed by atoms with Crippen LogP contribution in [-0.2, 0) is 6.54 Å². The van der Waals surface area contributed by atoms with Gasteiger partial charge in [-0.1, -0.05) is 0 Å². The Bertz CT molecular complexity index is 492. The zero-order valence-corrected chi connectivity index (χ0v) is 13.3. The van der Waals surface area contributed by atoms with E-state index in [-0.39, 0.29) is 0 Å². The Kier molecular flexibility index (Phi) is 4.36. The molecule has 0 unspecified atom stereocenters. The van der Waals surface area contributed by atoms with E-state index in [4.69, 9.17) is 9.47 Å². The third-order valence-electron chi connectivity index (χ3n) is 4.93. The van der Waals surface area contributed by atoms with E-state index in [0.29, 0.717) is 6.04 Å². The highest BCUT2D eigenvalue weighted by Gasteiger charge is 2.34. The van der Waals surface area contributed by atoms with Crippen molar-refractivity contribution in [3.05, 3.63) is 23.8 Å². The molecular weight excluding hydrogens is 264 g/mol. The van der Waals surface area contributed by atoms with Crippen LogP contribution in [0.15, 0.2) is 18.2 Å². The fourth-order valence-corrected chi connectivity index (χ4v) is 3.69. The molecule has 4 heteroatoms. The summed E-state index contributed by atoms with van der Waals surface area (Å²) < 4.78 is 10.9. The first-order valence-corrected chi connectivity index (χ1v) is 7.90. The summed E-state index contributed by atoms with van der Waals surface area (Å²) in [6.45, 7) is 6.91. The molecule has 1 aromatic rings. The fraction of sp³-hybridized carbons (Fsp3) is 0.647. The Balaban J connectivity index is 1.76. The first kappa shape index (κ1) is 14.7. The van der Waals surface area contributed by atoms with Gasteiger partial charge in [-0.2, -0.15) is 0 Å². The van der Waals surface area contributed by atoms with E-state index in [0.717, 1.165) is 24.1 Å². The third-order valence-corrected chi connectivity index (χ3v) is 4.93. The molecule has 0 aromatic heterocycles. The standard InChI is InChI=1S/C17H26N2O2/c1-13-10-18-8-4-5-15(18)12-19(13)11-14-9-16(20-2)6-7-17(14)21-3/h6-7,9,13,15H,4-5,8,10-12H2,1-3H3/t13-,15+/m1/s1. The number of benzene rings is 1. The zero-order valence-electron chi connectivity index (χ0n) is 13.3. The number of rotatable bonds is 4. The lowest BCUT2D eigenvalue weighted by Crippen LogP contribution is -2.54. The van der Waals surface area contributed by atoms with Crippen LogP contribution in [0.25, 0.3) is 0 Å². The largest absolute Gasteiger partial charge is 0.497 e. The normalized spacial score (nSPS) is 26.6. The van der Waals surface area contributed by atoms with Gasteiger partial charge in [0.2, 0.25) is 0 Å². The van der Waals surface area contributed by atoms with Crippen molar-refractivity contribution in [3.8, 4) is 11.5 Å². The second kappa shape index (κ2) is 6.24. The summed E-state index contributed by atoms with van der Waals surface area (Å²) in [5.74, 6) is 1.86. The molecule has 0 radical (unpaired) electrons. The maximum atomic E-state index is 5.52. The molecule has 0 amide bonds. The number of methoxy groups -OCH3 is 2. The maximum Gasteiger partial charge on any atom is 0.123 e. The van der Waals surface area contributed by atoms with Crippen LogP contribution >= 0.6 is 0 Å². The second-order valence-electron chi connectivity index (χ2n) is 6.25. The molecule has 4 nitrogen and oxygen atoms in total. The van der Waals surface area contributed by atoms with E-state index in [1.165, 1.54) is 38.0 Å². The minimum absolute atomic E-state index is 0.593. The summed E-state index contributed by atoms with van der Waals surface area (Å²) >= 11 is 0. The molecule has 0 bridgehead atoms. The summed E-state index contributed by atoms with van der Waals surface area (Å²) in [5.41, 5.74) is 1.22. The van der Waals surface area contributed by atoms with Crippen LogP contribution in [0.4, 0.5) is 0 Å². The average molecular weight is 290 g/mol. The summed E-state index contributed by atoms with van der Waals surface area (Å²) in [4.78, 5) is 5.24. The topological polar surface area (TPSA) is 24.9 Å². The number of hydrogen-bond acceptors (Lipinski definition) is 4. The summed E-state index contributed by atoms with van der Waals surface area (Å²) in [6, 6.07) is 7.41. The average Bonchev–Trinajstić information content (AvgIpc) is 2.94. The predicted molar refractivity (Wildman–Crippen MR) is 84.0 cm³/mol. The van der Waals surface area contributed by atoms with E-state index < -0.39 is 0 Å². The highest BCUT2D eigenvalue weighted by atomic mass is 16.5. The van der Waals surface area contributed by atoms with Gasteiger partial charge in [0.15, 0.2) is 0 Å². The van der Waals surface area contributed by atoms with Gasteiger partial charge in [-0.05, 0) is 44.5 Å². The number of nitrogens with zero attached hydrogens (tertiary/aromatic N) is 2. The second-order valence-corrected chi connectivity index (χ2v) is 6.25. The van der Waals surface area contributed by atoms with E-state index in [1.807, 2.05) is 12.1 Å². The van der Waals surface area contributed by atoms with Gasteiger partial charge >= 0.3 is 0 Å². The highest BCUT2D eigenvalue weighted by molar-refractivity contribution is 5.40. The van der Waals surface area contributed by atoms with E-state index in [2.05, 4.69) is 22.8 Å². The number of fused-ring (bicyclic) bond motifs is 1. The van der Waals surface area contributed by atoms with Gasteiger partial charge in [-0.15, -0.1) is 0 Å². The molecule has 2 aliphatic heterocycles. The van der Waals surface area contributed by atoms with Gasteiger partial charge in [-0.3, -0.25) is 9.80 Å². The van der Waals surface area contributed by atoms with Crippen molar-refractivity contribution in [3.63, 3.8) is 0 Å². The molecule has 0 aliphatic carbocycles. The molecule has 2 atom stereocenters. The lowest BCUT2D eigenvalue weighted by atomic mass is 10.1. The Labute approximate surface area is 127 Å². The molecular formula is C17H26N2O2. The van der Waals surface area contributed by atoms with E-state index in [1.54, 1.807) is 14.2 Å². The quantitative estimate of drug-likeness (QED) is 0.850. The molecule has 21 heavy (non-hydrogen) atoms. The molecule has 1 aromatic carbocycles. The first-order chi connectivity index (χ1) is 10.2. The van der Waals surface area contributed by atoms with Gasteiger partial charge < -0.3 is 9.47 Å². The Morgan fingerprint density at radius 2 is 2.05 bits per heavy atom. The van der Waals surface area contributed by atoms with Gasteiger partial charge in [0, 0.05) is 37.3 Å². The van der Waals surface area contributed by atoms with Crippen LogP contribution in [0, 0.1) is 0 Å². The highest BCUT2D eigenvalue weighted by Crippen LogP contribution is 2.29. The van der Waals surface area contributed by atoms with Crippen molar-refractivity contribution in [2.24, 2.45) is 0 Å². The molecule has 2 saturated heterocycles. The van der Waals surface area contributed by atoms with Crippen LogP contribution in [0.1, 0.15) is 25.3 Å². The summed E-state index contributed by atoms with van der Waals surface area (Å²) in [6.07, 6.45) is 2.70. The molecule has 0 spiro atoms. The molecule has 2 aliphatic rings. The molecule has 0 saturated carbocycles. The van der Waals surface area contributed by atoms with Gasteiger partial charge in [-0.25, -0.2) is 0 Å². The molecule has 0 N–H and O–H groups in total. The van der Waals surface area contributed by atoms with Crippen LogP contribution in [0.3, 0.4) is 0 Å². The van der Waals surface area contributed by atoms with Crippen LogP contribution in [0.5, 0.6) is 11.5 Å². The van der Waals surface area contributed by atoms with Crippen molar-refractivity contribution in [2.75, 3.05) is 33.9 Å². The van der Waals surface area contributed by atoms with Gasteiger partial charge in [0.25, 0.3) is 0 Å². The fourth-order valence-electron chi connectivity index (χ4n) is 3.69. The van der Waals surface area contributed by atoms with Crippen LogP contribution in [-0.4, -0.2) is 55.7 Å². The predicted octanol–water partition coefficient (Wildman–Crippen LogP) is 2.37. The van der Waals surface area contributed by atoms with Crippen LogP contribution < -0.4 is 9.47 Å². The minimum Gasteiger partial charge on any atom is -0.497 e. The van der Waals surface area contributed by atoms with Crippen molar-refractivity contribution < 1.29 is 9.47 Å². The van der Waals surface area contributed by atoms with Gasteiger partial charge in [0.05, 0.1) is 14.2 Å². The van der Waals surface area contributed by atoms with Crippen molar-refractivity contribution in [1.82, 2.24) is 9.80 Å². The summed E-state index contributed by atoms with van der Waals surface area (Å²) in [5, 5.41) is 0. The van der Waals surface area contributed by atoms with Crippen LogP contribution in [0.2, 0.25) is 0 Å². The van der Waals surface area contributed by atoms with Crippen molar-refractivity contribution in [1.29, 1.82) is 0 Å². The number of ether oxygens (including phenoxy) is 2. The third kappa shape index (κ3) is 3.01. The molecule has 3 rings (SSSR count). The number of hydrogen-bond donors (Lipinski definition) is 0. The minimum atomic E-state index is 0.593. The molecule has 116 valence electrons. The lowest BCUT2D eigenvalue weighted by Gasteiger charge is -2.42. The zero-order chi connectivity index (χ0) is 14.8. The van der Waals surface area contributed by atoms with Crippen molar-refractivity contribution >= 4 is 0 Å². The monoisotopic (exact) mass is 290 g/mol. The SMILES string of the molecule is COc1ccc(OC)c(CN2C[C@@H]3CCCN3C[C@H]2C)c1. The Morgan fingerprint density at radius 3 is 2.81 bits per heavy atom. The Morgan fingerprint density at radius 1 is 1.19 bits per heavy atom. The van der Waals surface area contributed by atoms with E-state index >= 15 is 0 Å². The molecule has 2 fully saturated rings. The van der Waals surface area contributed by atoms with E-state index in [9.17, 15) is 0 Å². The van der Waals surface area contributed by atoms with Crippen molar-refractivity contribution in [2.45, 2.75) is 38.4 Å². The smallest absolute Gasteiger partial charge is 0.123 e. The molecule has 2 heterocycles. The first-order valence-electron chi connectivity index (χ1n) is 7.90. The lowest BCUT2D eigenvalue weighted by molar-refractivity contribution is 0.0535. The van der Waals surface area contributed by atoms with Gasteiger partial charge in [0.1, 0.15) is 11.5 Å². The summed E-state index contributed by atoms with van der Waals surface area (Å²) in [7, 11) is 3.45.